The largest absolute Gasteiger partial charge is 0.480 e. The van der Waals surface area contributed by atoms with Gasteiger partial charge in [-0.05, 0) is 69.9 Å². The van der Waals surface area contributed by atoms with E-state index in [4.69, 9.17) is 0 Å². The van der Waals surface area contributed by atoms with Crippen LogP contribution in [0, 0.1) is 11.8 Å². The summed E-state index contributed by atoms with van der Waals surface area (Å²) in [5.41, 5.74) is -1.02. The van der Waals surface area contributed by atoms with Crippen molar-refractivity contribution >= 4 is 11.9 Å². The normalized spacial score (nSPS) is 33.4. The van der Waals surface area contributed by atoms with E-state index in [2.05, 4.69) is 17.6 Å². The van der Waals surface area contributed by atoms with Crippen LogP contribution in [0.3, 0.4) is 0 Å². The summed E-state index contributed by atoms with van der Waals surface area (Å²) in [5, 5.41) is 15.7. The second-order valence-corrected chi connectivity index (χ2v) is 6.87. The topological polar surface area (TPSA) is 78.4 Å². The van der Waals surface area contributed by atoms with Crippen molar-refractivity contribution in [3.63, 3.8) is 0 Å². The third-order valence-corrected chi connectivity index (χ3v) is 5.09. The number of nitrogens with one attached hydrogen (secondary N) is 2. The molecule has 2 rings (SSSR count). The summed E-state index contributed by atoms with van der Waals surface area (Å²) in [5.74, 6) is 0.138. The lowest BCUT2D eigenvalue weighted by Gasteiger charge is -2.36. The van der Waals surface area contributed by atoms with Crippen LogP contribution in [0.4, 0.5) is 0 Å². The van der Waals surface area contributed by atoms with Crippen molar-refractivity contribution in [1.29, 1.82) is 0 Å². The molecule has 2 aliphatic rings. The van der Waals surface area contributed by atoms with Crippen LogP contribution in [0.5, 0.6) is 0 Å². The van der Waals surface area contributed by atoms with Gasteiger partial charge in [0, 0.05) is 6.42 Å². The molecule has 3 N–H and O–H groups in total. The Balaban J connectivity index is 1.82. The molecule has 1 unspecified atom stereocenters. The van der Waals surface area contributed by atoms with E-state index in [9.17, 15) is 14.7 Å². The number of hydrogen-bond acceptors (Lipinski definition) is 3. The zero-order chi connectivity index (χ0) is 15.3. The number of carboxylic acids is 1. The summed E-state index contributed by atoms with van der Waals surface area (Å²) in [6.45, 7) is 4.20. The molecule has 0 aromatic carbocycles. The fourth-order valence-electron chi connectivity index (χ4n) is 3.48. The van der Waals surface area contributed by atoms with E-state index in [1.54, 1.807) is 0 Å². The first-order valence-corrected chi connectivity index (χ1v) is 8.27. The average molecular weight is 296 g/mol. The maximum Gasteiger partial charge on any atom is 0.329 e. The van der Waals surface area contributed by atoms with Crippen molar-refractivity contribution in [3.8, 4) is 0 Å². The monoisotopic (exact) mass is 296 g/mol. The first-order chi connectivity index (χ1) is 10.0. The highest BCUT2D eigenvalue weighted by Gasteiger charge is 2.42. The smallest absolute Gasteiger partial charge is 0.329 e. The maximum absolute atomic E-state index is 12.2. The highest BCUT2D eigenvalue weighted by atomic mass is 16.4. The van der Waals surface area contributed by atoms with Gasteiger partial charge in [-0.3, -0.25) is 4.79 Å². The highest BCUT2D eigenvalue weighted by Crippen LogP contribution is 2.32. The molecule has 21 heavy (non-hydrogen) atoms. The molecule has 0 bridgehead atoms. The van der Waals surface area contributed by atoms with Crippen LogP contribution >= 0.6 is 0 Å². The van der Waals surface area contributed by atoms with Gasteiger partial charge in [0.05, 0.1) is 0 Å². The first kappa shape index (κ1) is 16.3. The molecule has 1 saturated heterocycles. The van der Waals surface area contributed by atoms with Gasteiger partial charge in [-0.1, -0.05) is 6.92 Å². The molecule has 5 heteroatoms. The summed E-state index contributed by atoms with van der Waals surface area (Å²) >= 11 is 0. The van der Waals surface area contributed by atoms with Gasteiger partial charge in [-0.2, -0.15) is 0 Å². The van der Waals surface area contributed by atoms with Crippen molar-refractivity contribution in [2.75, 3.05) is 13.1 Å². The third kappa shape index (κ3) is 4.43. The molecule has 0 radical (unpaired) electrons. The number of carbonyl (C=O) groups is 2. The molecular formula is C16H28N2O3. The first-order valence-electron chi connectivity index (χ1n) is 8.27. The van der Waals surface area contributed by atoms with Gasteiger partial charge in [0.1, 0.15) is 5.54 Å². The van der Waals surface area contributed by atoms with E-state index in [1.165, 1.54) is 12.8 Å². The van der Waals surface area contributed by atoms with Crippen molar-refractivity contribution < 1.29 is 14.7 Å². The summed E-state index contributed by atoms with van der Waals surface area (Å²) in [6.07, 6.45) is 6.49. The maximum atomic E-state index is 12.2. The van der Waals surface area contributed by atoms with Gasteiger partial charge >= 0.3 is 5.97 Å². The van der Waals surface area contributed by atoms with Crippen LogP contribution in [0.1, 0.15) is 58.3 Å². The molecular weight excluding hydrogens is 268 g/mol. The molecule has 1 saturated carbocycles. The molecule has 1 aliphatic carbocycles. The number of carboxylic acid groups (broad SMARTS) is 1. The van der Waals surface area contributed by atoms with Gasteiger partial charge < -0.3 is 15.7 Å². The minimum Gasteiger partial charge on any atom is -0.480 e. The Labute approximate surface area is 126 Å². The van der Waals surface area contributed by atoms with Crippen LogP contribution in [-0.4, -0.2) is 35.6 Å². The number of aliphatic carboxylic acids is 1. The minimum absolute atomic E-state index is 0.0995. The van der Waals surface area contributed by atoms with E-state index in [0.29, 0.717) is 31.1 Å². The highest BCUT2D eigenvalue weighted by molar-refractivity contribution is 5.87. The van der Waals surface area contributed by atoms with Gasteiger partial charge in [0.25, 0.3) is 0 Å². The van der Waals surface area contributed by atoms with Crippen molar-refractivity contribution in [3.05, 3.63) is 0 Å². The number of hydrogen-bond donors (Lipinski definition) is 3. The number of piperidine rings is 1. The molecule has 1 heterocycles. The van der Waals surface area contributed by atoms with E-state index in [0.717, 1.165) is 32.4 Å². The number of carbonyl (C=O) groups excluding carboxylic acids is 1. The lowest BCUT2D eigenvalue weighted by Crippen LogP contribution is -2.56. The lowest BCUT2D eigenvalue weighted by molar-refractivity contribution is -0.149. The quantitative estimate of drug-likeness (QED) is 0.724. The average Bonchev–Trinajstić information content (AvgIpc) is 2.48. The van der Waals surface area contributed by atoms with Crippen molar-refractivity contribution in [2.24, 2.45) is 11.8 Å². The van der Waals surface area contributed by atoms with Gasteiger partial charge in [-0.25, -0.2) is 4.79 Å². The van der Waals surface area contributed by atoms with Gasteiger partial charge in [-0.15, -0.1) is 0 Å². The standard InChI is InChI=1S/C16H28N2O3/c1-12-6-8-16(9-7-12,15(20)21)18-14(19)5-4-13-3-2-10-17-11-13/h12-13,17H,2-11H2,1H3,(H,18,19)(H,20,21). The fourth-order valence-corrected chi connectivity index (χ4v) is 3.48. The van der Waals surface area contributed by atoms with Crippen molar-refractivity contribution in [2.45, 2.75) is 63.8 Å². The van der Waals surface area contributed by atoms with Gasteiger partial charge in [0.15, 0.2) is 0 Å². The SMILES string of the molecule is CC1CCC(NC(=O)CCC2CCCNC2)(C(=O)O)CC1. The summed E-state index contributed by atoms with van der Waals surface area (Å²) < 4.78 is 0. The number of amides is 1. The molecule has 5 nitrogen and oxygen atoms in total. The van der Waals surface area contributed by atoms with Crippen LogP contribution in [0.15, 0.2) is 0 Å². The molecule has 1 aliphatic heterocycles. The van der Waals surface area contributed by atoms with E-state index in [-0.39, 0.29) is 5.91 Å². The molecule has 1 amide bonds. The molecule has 1 atom stereocenters. The van der Waals surface area contributed by atoms with E-state index < -0.39 is 11.5 Å². The molecule has 0 aromatic heterocycles. The van der Waals surface area contributed by atoms with Crippen LogP contribution in [-0.2, 0) is 9.59 Å². The predicted molar refractivity (Wildman–Crippen MR) is 81.0 cm³/mol. The minimum atomic E-state index is -1.02. The predicted octanol–water partition coefficient (Wildman–Crippen LogP) is 1.92. The van der Waals surface area contributed by atoms with Crippen LogP contribution < -0.4 is 10.6 Å². The van der Waals surface area contributed by atoms with Crippen LogP contribution in [0.25, 0.3) is 0 Å². The van der Waals surface area contributed by atoms with Crippen molar-refractivity contribution in [1.82, 2.24) is 10.6 Å². The Morgan fingerprint density at radius 1 is 1.29 bits per heavy atom. The lowest BCUT2D eigenvalue weighted by atomic mass is 9.77. The van der Waals surface area contributed by atoms with Gasteiger partial charge in [0.2, 0.25) is 5.91 Å². The second-order valence-electron chi connectivity index (χ2n) is 6.87. The van der Waals surface area contributed by atoms with Crippen LogP contribution in [0.2, 0.25) is 0 Å². The summed E-state index contributed by atoms with van der Waals surface area (Å²) in [6, 6.07) is 0. The molecule has 120 valence electrons. The van der Waals surface area contributed by atoms with E-state index in [1.807, 2.05) is 0 Å². The Kier molecular flexibility index (Phi) is 5.62. The third-order valence-electron chi connectivity index (χ3n) is 5.09. The molecule has 2 fully saturated rings. The Hall–Kier alpha value is -1.10. The number of rotatable bonds is 5. The molecule has 0 aromatic rings. The Morgan fingerprint density at radius 3 is 2.57 bits per heavy atom. The van der Waals surface area contributed by atoms with E-state index >= 15 is 0 Å². The second kappa shape index (κ2) is 7.25. The zero-order valence-electron chi connectivity index (χ0n) is 13.0. The fraction of sp³-hybridized carbons (Fsp3) is 0.875. The Morgan fingerprint density at radius 2 is 2.00 bits per heavy atom. The zero-order valence-corrected chi connectivity index (χ0v) is 13.0. The summed E-state index contributed by atoms with van der Waals surface area (Å²) in [4.78, 5) is 23.7. The molecule has 0 spiro atoms. The summed E-state index contributed by atoms with van der Waals surface area (Å²) in [7, 11) is 0. The Bertz CT molecular complexity index is 370.